The van der Waals surface area contributed by atoms with Crippen molar-refractivity contribution < 1.29 is 19.7 Å². The molecule has 0 aromatic heterocycles. The summed E-state index contributed by atoms with van der Waals surface area (Å²) >= 11 is 0. The lowest BCUT2D eigenvalue weighted by Gasteiger charge is -2.22. The van der Waals surface area contributed by atoms with Crippen LogP contribution in [0.1, 0.15) is 31.1 Å². The molecule has 1 atom stereocenters. The summed E-state index contributed by atoms with van der Waals surface area (Å²) in [5.41, 5.74) is 0.159. The Morgan fingerprint density at radius 2 is 2.11 bits per heavy atom. The zero-order valence-corrected chi connectivity index (χ0v) is 11.5. The van der Waals surface area contributed by atoms with Crippen molar-refractivity contribution >= 4 is 5.97 Å². The number of β-amino-alcohol motifs (C(OH)–C–C–N with tert-alkyl or cyclic N) is 1. The first-order chi connectivity index (χ1) is 8.78. The standard InChI is InChI=1S/C14H21NO4/c1-14(2,3)15-8-12(17)9-19-13(18)10-5-4-6-11(16)7-10/h4-7,12,15-17H,8-9H2,1-3H3/t12-/m0/s1. The molecule has 0 aliphatic carbocycles. The molecule has 0 bridgehead atoms. The Labute approximate surface area is 113 Å². The molecule has 0 amide bonds. The highest BCUT2D eigenvalue weighted by Gasteiger charge is 2.14. The van der Waals surface area contributed by atoms with E-state index in [0.717, 1.165) is 0 Å². The highest BCUT2D eigenvalue weighted by molar-refractivity contribution is 5.89. The fraction of sp³-hybridized carbons (Fsp3) is 0.500. The van der Waals surface area contributed by atoms with Gasteiger partial charge >= 0.3 is 5.97 Å². The second-order valence-electron chi connectivity index (χ2n) is 5.43. The number of hydrogen-bond donors (Lipinski definition) is 3. The second kappa shape index (κ2) is 6.54. The van der Waals surface area contributed by atoms with Gasteiger partial charge in [0.05, 0.1) is 5.56 Å². The van der Waals surface area contributed by atoms with E-state index in [1.165, 1.54) is 12.1 Å². The number of hydrogen-bond acceptors (Lipinski definition) is 5. The van der Waals surface area contributed by atoms with Crippen LogP contribution in [0.2, 0.25) is 0 Å². The van der Waals surface area contributed by atoms with Crippen LogP contribution in [0, 0.1) is 0 Å². The summed E-state index contributed by atoms with van der Waals surface area (Å²) in [6.07, 6.45) is -0.763. The molecule has 0 unspecified atom stereocenters. The van der Waals surface area contributed by atoms with Crippen LogP contribution in [0.25, 0.3) is 0 Å². The lowest BCUT2D eigenvalue weighted by molar-refractivity contribution is 0.0247. The van der Waals surface area contributed by atoms with Crippen LogP contribution in [-0.2, 0) is 4.74 Å². The number of carbonyl (C=O) groups is 1. The average molecular weight is 267 g/mol. The molecule has 0 aliphatic rings. The van der Waals surface area contributed by atoms with Gasteiger partial charge in [-0.05, 0) is 39.0 Å². The molecule has 3 N–H and O–H groups in total. The lowest BCUT2D eigenvalue weighted by Crippen LogP contribution is -2.42. The number of nitrogens with one attached hydrogen (secondary N) is 1. The minimum Gasteiger partial charge on any atom is -0.508 e. The SMILES string of the molecule is CC(C)(C)NC[C@H](O)COC(=O)c1cccc(O)c1. The lowest BCUT2D eigenvalue weighted by atomic mass is 10.1. The van der Waals surface area contributed by atoms with Crippen molar-refractivity contribution in [1.29, 1.82) is 0 Å². The summed E-state index contributed by atoms with van der Waals surface area (Å²) in [6.45, 7) is 6.21. The van der Waals surface area contributed by atoms with Crippen LogP contribution in [0.4, 0.5) is 0 Å². The molecule has 5 nitrogen and oxygen atoms in total. The van der Waals surface area contributed by atoms with Gasteiger partial charge in [0.1, 0.15) is 18.5 Å². The smallest absolute Gasteiger partial charge is 0.338 e. The zero-order chi connectivity index (χ0) is 14.5. The van der Waals surface area contributed by atoms with Gasteiger partial charge in [-0.15, -0.1) is 0 Å². The molecule has 0 radical (unpaired) electrons. The highest BCUT2D eigenvalue weighted by Crippen LogP contribution is 2.11. The molecule has 0 spiro atoms. The van der Waals surface area contributed by atoms with Crippen molar-refractivity contribution in [3.8, 4) is 5.75 Å². The maximum atomic E-state index is 11.6. The van der Waals surface area contributed by atoms with Gasteiger partial charge in [-0.2, -0.15) is 0 Å². The van der Waals surface area contributed by atoms with Gasteiger partial charge < -0.3 is 20.3 Å². The van der Waals surface area contributed by atoms with E-state index in [1.54, 1.807) is 12.1 Å². The number of carbonyl (C=O) groups excluding carboxylic acids is 1. The van der Waals surface area contributed by atoms with Crippen LogP contribution in [0.5, 0.6) is 5.75 Å². The zero-order valence-electron chi connectivity index (χ0n) is 11.5. The normalized spacial score (nSPS) is 13.1. The Bertz CT molecular complexity index is 426. The van der Waals surface area contributed by atoms with Gasteiger partial charge in [0.25, 0.3) is 0 Å². The topological polar surface area (TPSA) is 78.8 Å². The largest absolute Gasteiger partial charge is 0.508 e. The number of phenolic OH excluding ortho intramolecular Hbond substituents is 1. The van der Waals surface area contributed by atoms with Crippen molar-refractivity contribution in [2.75, 3.05) is 13.2 Å². The third kappa shape index (κ3) is 6.22. The first-order valence-electron chi connectivity index (χ1n) is 6.17. The van der Waals surface area contributed by atoms with Crippen LogP contribution in [0.15, 0.2) is 24.3 Å². The van der Waals surface area contributed by atoms with E-state index in [-0.39, 0.29) is 23.5 Å². The maximum Gasteiger partial charge on any atom is 0.338 e. The maximum absolute atomic E-state index is 11.6. The summed E-state index contributed by atoms with van der Waals surface area (Å²) in [7, 11) is 0. The second-order valence-corrected chi connectivity index (χ2v) is 5.43. The number of aliphatic hydroxyl groups excluding tert-OH is 1. The van der Waals surface area contributed by atoms with Gasteiger partial charge in [-0.25, -0.2) is 4.79 Å². The van der Waals surface area contributed by atoms with E-state index in [0.29, 0.717) is 6.54 Å². The van der Waals surface area contributed by atoms with E-state index in [2.05, 4.69) is 5.32 Å². The van der Waals surface area contributed by atoms with Gasteiger partial charge in [0.15, 0.2) is 0 Å². The number of aliphatic hydroxyl groups is 1. The number of phenols is 1. The predicted molar refractivity (Wildman–Crippen MR) is 72.2 cm³/mol. The van der Waals surface area contributed by atoms with Crippen molar-refractivity contribution in [3.05, 3.63) is 29.8 Å². The number of rotatable bonds is 5. The molecule has 106 valence electrons. The van der Waals surface area contributed by atoms with E-state index in [4.69, 9.17) is 4.74 Å². The van der Waals surface area contributed by atoms with Gasteiger partial charge in [0.2, 0.25) is 0 Å². The highest BCUT2D eigenvalue weighted by atomic mass is 16.5. The fourth-order valence-corrected chi connectivity index (χ4v) is 1.37. The Kier molecular flexibility index (Phi) is 5.32. The number of esters is 1. The molecular weight excluding hydrogens is 246 g/mol. The summed E-state index contributed by atoms with van der Waals surface area (Å²) in [6, 6.07) is 5.90. The molecule has 5 heteroatoms. The molecule has 0 saturated heterocycles. The molecule has 1 aromatic carbocycles. The molecule has 1 rings (SSSR count). The van der Waals surface area contributed by atoms with Crippen molar-refractivity contribution in [2.24, 2.45) is 0 Å². The number of aromatic hydroxyl groups is 1. The summed E-state index contributed by atoms with van der Waals surface area (Å²) in [5, 5.41) is 22.0. The third-order valence-corrected chi connectivity index (χ3v) is 2.36. The first kappa shape index (κ1) is 15.5. The monoisotopic (exact) mass is 267 g/mol. The molecule has 0 fully saturated rings. The Morgan fingerprint density at radius 3 is 2.68 bits per heavy atom. The molecule has 0 saturated carbocycles. The molecule has 19 heavy (non-hydrogen) atoms. The Balaban J connectivity index is 2.38. The van der Waals surface area contributed by atoms with E-state index < -0.39 is 12.1 Å². The van der Waals surface area contributed by atoms with E-state index in [1.807, 2.05) is 20.8 Å². The van der Waals surface area contributed by atoms with Crippen LogP contribution in [-0.4, -0.2) is 41.0 Å². The number of benzene rings is 1. The Hall–Kier alpha value is -1.59. The van der Waals surface area contributed by atoms with Crippen LogP contribution < -0.4 is 5.32 Å². The molecule has 0 aliphatic heterocycles. The molecule has 0 heterocycles. The summed E-state index contributed by atoms with van der Waals surface area (Å²) in [4.78, 5) is 11.6. The van der Waals surface area contributed by atoms with Gasteiger partial charge in [-0.1, -0.05) is 6.07 Å². The summed E-state index contributed by atoms with van der Waals surface area (Å²) in [5.74, 6) is -0.560. The van der Waals surface area contributed by atoms with E-state index in [9.17, 15) is 15.0 Å². The number of ether oxygens (including phenoxy) is 1. The van der Waals surface area contributed by atoms with E-state index >= 15 is 0 Å². The quantitative estimate of drug-likeness (QED) is 0.701. The average Bonchev–Trinajstić information content (AvgIpc) is 2.32. The fourth-order valence-electron chi connectivity index (χ4n) is 1.37. The van der Waals surface area contributed by atoms with Crippen LogP contribution >= 0.6 is 0 Å². The van der Waals surface area contributed by atoms with Crippen molar-refractivity contribution in [1.82, 2.24) is 5.32 Å². The van der Waals surface area contributed by atoms with Crippen molar-refractivity contribution in [3.63, 3.8) is 0 Å². The summed E-state index contributed by atoms with van der Waals surface area (Å²) < 4.78 is 4.97. The Morgan fingerprint density at radius 1 is 1.42 bits per heavy atom. The van der Waals surface area contributed by atoms with Gasteiger partial charge in [0, 0.05) is 12.1 Å². The minimum atomic E-state index is -0.763. The predicted octanol–water partition coefficient (Wildman–Crippen LogP) is 1.30. The molecular formula is C14H21NO4. The first-order valence-corrected chi connectivity index (χ1v) is 6.17. The van der Waals surface area contributed by atoms with Crippen molar-refractivity contribution in [2.45, 2.75) is 32.4 Å². The molecule has 1 aromatic rings. The third-order valence-electron chi connectivity index (χ3n) is 2.36. The van der Waals surface area contributed by atoms with Crippen LogP contribution in [0.3, 0.4) is 0 Å². The van der Waals surface area contributed by atoms with Gasteiger partial charge in [-0.3, -0.25) is 0 Å². The minimum absolute atomic E-state index is 0.00407.